The molecule has 1 aromatic carbocycles. The number of hydrogen-bond acceptors (Lipinski definition) is 4. The lowest BCUT2D eigenvalue weighted by atomic mass is 9.82. The number of fused-ring (bicyclic) bond motifs is 3. The minimum atomic E-state index is -4.38. The Kier molecular flexibility index (Phi) is 6.89. The van der Waals surface area contributed by atoms with Crippen LogP contribution in [0, 0.1) is 5.92 Å². The van der Waals surface area contributed by atoms with Gasteiger partial charge in [-0.2, -0.15) is 13.2 Å². The standard InChI is InChI=1S/C26H32F3N3OS/c27-26(28,29)19-8-9-23-18(15-19)16-22(25(33)30-11-10-21-7-4-14-34-21)24-17-31(12-13-32(23)24)20-5-2-1-3-6-20/h4,7-9,14-15,20,22,24H,1-3,5-6,10-13,16-17H2,(H,30,33)/t22-,24+/m0/s1. The SMILES string of the molecule is O=C(NCCc1cccs1)[C@H]1Cc2cc(C(F)(F)F)ccc2N2CCN(C3CCCCC3)C[C@H]12. The summed E-state index contributed by atoms with van der Waals surface area (Å²) in [7, 11) is 0. The van der Waals surface area contributed by atoms with E-state index in [2.05, 4.69) is 21.2 Å². The summed E-state index contributed by atoms with van der Waals surface area (Å²) in [6.07, 6.45) is 2.95. The molecule has 0 radical (unpaired) electrons. The van der Waals surface area contributed by atoms with Crippen LogP contribution in [0.3, 0.4) is 0 Å². The maximum absolute atomic E-state index is 13.4. The van der Waals surface area contributed by atoms with Gasteiger partial charge in [-0.05, 0) is 60.9 Å². The zero-order valence-corrected chi connectivity index (χ0v) is 20.1. The van der Waals surface area contributed by atoms with Crippen LogP contribution in [0.25, 0.3) is 0 Å². The molecule has 1 aromatic heterocycles. The number of alkyl halides is 3. The fourth-order valence-electron chi connectivity index (χ4n) is 5.99. The highest BCUT2D eigenvalue weighted by Crippen LogP contribution is 2.40. The molecule has 0 unspecified atom stereocenters. The zero-order valence-electron chi connectivity index (χ0n) is 19.3. The van der Waals surface area contributed by atoms with Gasteiger partial charge in [-0.25, -0.2) is 0 Å². The Balaban J connectivity index is 1.37. The number of carbonyl (C=O) groups is 1. The maximum Gasteiger partial charge on any atom is 0.416 e. The van der Waals surface area contributed by atoms with E-state index in [4.69, 9.17) is 0 Å². The van der Waals surface area contributed by atoms with Crippen LogP contribution < -0.4 is 10.2 Å². The zero-order chi connectivity index (χ0) is 23.7. The monoisotopic (exact) mass is 491 g/mol. The number of nitrogens with one attached hydrogen (secondary N) is 1. The molecule has 1 saturated heterocycles. The lowest BCUT2D eigenvalue weighted by Crippen LogP contribution is -2.62. The molecule has 8 heteroatoms. The average molecular weight is 492 g/mol. The van der Waals surface area contributed by atoms with E-state index in [-0.39, 0.29) is 17.9 Å². The highest BCUT2D eigenvalue weighted by atomic mass is 32.1. The topological polar surface area (TPSA) is 35.6 Å². The van der Waals surface area contributed by atoms with E-state index in [9.17, 15) is 18.0 Å². The Morgan fingerprint density at radius 3 is 2.68 bits per heavy atom. The summed E-state index contributed by atoms with van der Waals surface area (Å²) in [6, 6.07) is 8.66. The molecule has 2 fully saturated rings. The minimum absolute atomic E-state index is 0.0124. The van der Waals surface area contributed by atoms with Gasteiger partial charge in [0, 0.05) is 42.8 Å². The summed E-state index contributed by atoms with van der Waals surface area (Å²) in [6.45, 7) is 2.99. The highest BCUT2D eigenvalue weighted by molar-refractivity contribution is 7.09. The Bertz CT molecular complexity index is 988. The van der Waals surface area contributed by atoms with Gasteiger partial charge in [0.1, 0.15) is 0 Å². The number of hydrogen-bond donors (Lipinski definition) is 1. The van der Waals surface area contributed by atoms with Crippen molar-refractivity contribution in [3.8, 4) is 0 Å². The molecule has 2 aliphatic heterocycles. The van der Waals surface area contributed by atoms with Crippen molar-refractivity contribution in [2.45, 2.75) is 63.2 Å². The molecule has 1 amide bonds. The molecule has 1 saturated carbocycles. The predicted molar refractivity (Wildman–Crippen MR) is 129 cm³/mol. The molecule has 3 heterocycles. The number of carbonyl (C=O) groups excluding carboxylic acids is 1. The van der Waals surface area contributed by atoms with Crippen LogP contribution in [0.4, 0.5) is 18.9 Å². The molecule has 1 aliphatic carbocycles. The number of halogens is 3. The van der Waals surface area contributed by atoms with Crippen molar-refractivity contribution in [1.29, 1.82) is 0 Å². The number of piperazine rings is 1. The van der Waals surface area contributed by atoms with E-state index in [1.807, 2.05) is 11.4 Å². The van der Waals surface area contributed by atoms with Gasteiger partial charge >= 0.3 is 6.18 Å². The number of benzene rings is 1. The van der Waals surface area contributed by atoms with E-state index < -0.39 is 11.7 Å². The molecule has 34 heavy (non-hydrogen) atoms. The number of amides is 1. The second kappa shape index (κ2) is 9.90. The molecule has 3 aliphatic rings. The van der Waals surface area contributed by atoms with Crippen molar-refractivity contribution < 1.29 is 18.0 Å². The lowest BCUT2D eigenvalue weighted by molar-refractivity contribution is -0.137. The normalized spacial score (nSPS) is 23.9. The summed E-state index contributed by atoms with van der Waals surface area (Å²) >= 11 is 1.67. The minimum Gasteiger partial charge on any atom is -0.365 e. The molecule has 4 nitrogen and oxygen atoms in total. The number of thiophene rings is 1. The first-order valence-corrected chi connectivity index (χ1v) is 13.3. The first-order chi connectivity index (χ1) is 16.4. The second-order valence-electron chi connectivity index (χ2n) is 9.82. The van der Waals surface area contributed by atoms with Gasteiger partial charge in [-0.15, -0.1) is 11.3 Å². The van der Waals surface area contributed by atoms with Crippen LogP contribution in [-0.2, 0) is 23.8 Å². The maximum atomic E-state index is 13.4. The highest BCUT2D eigenvalue weighted by Gasteiger charge is 2.43. The van der Waals surface area contributed by atoms with E-state index in [1.165, 1.54) is 49.1 Å². The Hall–Kier alpha value is -2.06. The average Bonchev–Trinajstić information content (AvgIpc) is 3.36. The largest absolute Gasteiger partial charge is 0.416 e. The molecule has 2 aromatic rings. The van der Waals surface area contributed by atoms with Gasteiger partial charge in [0.2, 0.25) is 5.91 Å². The molecule has 184 valence electrons. The molecule has 0 bridgehead atoms. The van der Waals surface area contributed by atoms with Crippen LogP contribution in [-0.4, -0.2) is 49.1 Å². The van der Waals surface area contributed by atoms with Gasteiger partial charge in [0.25, 0.3) is 0 Å². The van der Waals surface area contributed by atoms with Crippen molar-refractivity contribution in [3.63, 3.8) is 0 Å². The van der Waals surface area contributed by atoms with Crippen LogP contribution in [0.2, 0.25) is 0 Å². The van der Waals surface area contributed by atoms with Gasteiger partial charge in [0.15, 0.2) is 0 Å². The summed E-state index contributed by atoms with van der Waals surface area (Å²) in [5.74, 6) is -0.397. The Morgan fingerprint density at radius 2 is 1.94 bits per heavy atom. The predicted octanol–water partition coefficient (Wildman–Crippen LogP) is 5.12. The second-order valence-corrected chi connectivity index (χ2v) is 10.9. The van der Waals surface area contributed by atoms with Gasteiger partial charge in [-0.3, -0.25) is 9.69 Å². The summed E-state index contributed by atoms with van der Waals surface area (Å²) in [4.78, 5) is 19.3. The quantitative estimate of drug-likeness (QED) is 0.631. The third kappa shape index (κ3) is 4.98. The fraction of sp³-hybridized carbons (Fsp3) is 0.577. The van der Waals surface area contributed by atoms with E-state index >= 15 is 0 Å². The lowest BCUT2D eigenvalue weighted by Gasteiger charge is -2.51. The third-order valence-electron chi connectivity index (χ3n) is 7.75. The van der Waals surface area contributed by atoms with Gasteiger partial charge in [-0.1, -0.05) is 25.3 Å². The van der Waals surface area contributed by atoms with E-state index in [0.717, 1.165) is 31.7 Å². The number of anilines is 1. The first-order valence-electron chi connectivity index (χ1n) is 12.4. The summed E-state index contributed by atoms with van der Waals surface area (Å²) in [5.41, 5.74) is 0.863. The first kappa shape index (κ1) is 23.7. The fourth-order valence-corrected chi connectivity index (χ4v) is 6.70. The molecule has 0 spiro atoms. The molecular formula is C26H32F3N3OS. The van der Waals surface area contributed by atoms with Crippen molar-refractivity contribution in [1.82, 2.24) is 10.2 Å². The van der Waals surface area contributed by atoms with Crippen molar-refractivity contribution >= 4 is 22.9 Å². The number of nitrogens with zero attached hydrogens (tertiary/aromatic N) is 2. The third-order valence-corrected chi connectivity index (χ3v) is 8.69. The van der Waals surface area contributed by atoms with Crippen molar-refractivity contribution in [2.24, 2.45) is 5.92 Å². The van der Waals surface area contributed by atoms with Crippen LogP contribution in [0.15, 0.2) is 35.7 Å². The van der Waals surface area contributed by atoms with Crippen molar-refractivity contribution in [2.75, 3.05) is 31.1 Å². The van der Waals surface area contributed by atoms with Gasteiger partial charge in [0.05, 0.1) is 17.5 Å². The van der Waals surface area contributed by atoms with Crippen molar-refractivity contribution in [3.05, 3.63) is 51.7 Å². The molecule has 2 atom stereocenters. The molecule has 1 N–H and O–H groups in total. The van der Waals surface area contributed by atoms with Crippen LogP contribution >= 0.6 is 11.3 Å². The number of rotatable bonds is 5. The van der Waals surface area contributed by atoms with E-state index in [1.54, 1.807) is 17.4 Å². The Labute approximate surface area is 203 Å². The molecular weight excluding hydrogens is 459 g/mol. The smallest absolute Gasteiger partial charge is 0.365 e. The molecule has 5 rings (SSSR count). The summed E-state index contributed by atoms with van der Waals surface area (Å²) in [5, 5.41) is 5.12. The van der Waals surface area contributed by atoms with E-state index in [0.29, 0.717) is 24.6 Å². The van der Waals surface area contributed by atoms with Gasteiger partial charge < -0.3 is 10.2 Å². The van der Waals surface area contributed by atoms with Crippen LogP contribution in [0.1, 0.15) is 48.1 Å². The Morgan fingerprint density at radius 1 is 1.12 bits per heavy atom. The summed E-state index contributed by atoms with van der Waals surface area (Å²) < 4.78 is 40.2. The van der Waals surface area contributed by atoms with Crippen LogP contribution in [0.5, 0.6) is 0 Å².